The highest BCUT2D eigenvalue weighted by atomic mass is 35.5. The molecule has 6 heteroatoms. The van der Waals surface area contributed by atoms with Crippen molar-refractivity contribution in [3.63, 3.8) is 0 Å². The molecule has 0 aliphatic heterocycles. The van der Waals surface area contributed by atoms with Crippen LogP contribution in [0.15, 0.2) is 42.5 Å². The third kappa shape index (κ3) is 5.66. The normalized spacial score (nSPS) is 10.6. The molecule has 2 aromatic rings. The molecule has 0 unspecified atom stereocenters. The van der Waals surface area contributed by atoms with Crippen molar-refractivity contribution in [3.8, 4) is 11.5 Å². The van der Waals surface area contributed by atoms with E-state index >= 15 is 0 Å². The Hall–Kier alpha value is -2.24. The number of hydrogen-bond acceptors (Lipinski definition) is 4. The van der Waals surface area contributed by atoms with Crippen LogP contribution in [0.25, 0.3) is 0 Å². The maximum atomic E-state index is 12.4. The summed E-state index contributed by atoms with van der Waals surface area (Å²) in [6.45, 7) is 3.68. The predicted molar refractivity (Wildman–Crippen MR) is 101 cm³/mol. The van der Waals surface area contributed by atoms with Crippen molar-refractivity contribution < 1.29 is 14.3 Å². The summed E-state index contributed by atoms with van der Waals surface area (Å²) in [6, 6.07) is 12.9. The minimum Gasteiger partial charge on any atom is -0.497 e. The van der Waals surface area contributed by atoms with E-state index in [0.717, 1.165) is 12.1 Å². The third-order valence-electron chi connectivity index (χ3n) is 3.79. The monoisotopic (exact) mass is 362 g/mol. The van der Waals surface area contributed by atoms with Gasteiger partial charge in [0.05, 0.1) is 26.5 Å². The number of likely N-dealkylation sites (N-methyl/N-ethyl adjacent to an activating group) is 1. The lowest BCUT2D eigenvalue weighted by Crippen LogP contribution is -2.32. The molecule has 25 heavy (non-hydrogen) atoms. The van der Waals surface area contributed by atoms with Crippen LogP contribution >= 0.6 is 11.6 Å². The Bertz CT molecular complexity index is 722. The Morgan fingerprint density at radius 2 is 1.96 bits per heavy atom. The molecule has 0 bridgehead atoms. The van der Waals surface area contributed by atoms with Gasteiger partial charge in [-0.3, -0.25) is 9.69 Å². The van der Waals surface area contributed by atoms with Crippen molar-refractivity contribution in [2.45, 2.75) is 13.5 Å². The van der Waals surface area contributed by atoms with Crippen molar-refractivity contribution in [2.75, 3.05) is 32.6 Å². The molecule has 0 aliphatic carbocycles. The molecule has 0 spiro atoms. The minimum atomic E-state index is -0.115. The number of carbonyl (C=O) groups is 1. The standard InChI is InChI=1S/C19H23ClN2O3/c1-4-22(12-14-6-5-7-15(20)10-14)13-19(23)21-17-11-16(24-2)8-9-18(17)25-3/h5-11H,4,12-13H2,1-3H3,(H,21,23). The fraction of sp³-hybridized carbons (Fsp3) is 0.316. The molecule has 0 saturated heterocycles. The fourth-order valence-electron chi connectivity index (χ4n) is 2.48. The summed E-state index contributed by atoms with van der Waals surface area (Å²) in [5, 5.41) is 3.58. The van der Waals surface area contributed by atoms with Crippen LogP contribution in [0.4, 0.5) is 5.69 Å². The van der Waals surface area contributed by atoms with Gasteiger partial charge in [-0.25, -0.2) is 0 Å². The van der Waals surface area contributed by atoms with Crippen molar-refractivity contribution in [2.24, 2.45) is 0 Å². The first-order valence-corrected chi connectivity index (χ1v) is 8.42. The fourth-order valence-corrected chi connectivity index (χ4v) is 2.69. The number of nitrogens with one attached hydrogen (secondary N) is 1. The molecule has 2 aromatic carbocycles. The summed E-state index contributed by atoms with van der Waals surface area (Å²) in [7, 11) is 3.15. The summed E-state index contributed by atoms with van der Waals surface area (Å²) in [6.07, 6.45) is 0. The van der Waals surface area contributed by atoms with Crippen molar-refractivity contribution in [3.05, 3.63) is 53.1 Å². The second-order valence-corrected chi connectivity index (χ2v) is 5.98. The van der Waals surface area contributed by atoms with Crippen LogP contribution < -0.4 is 14.8 Å². The molecule has 0 heterocycles. The summed E-state index contributed by atoms with van der Waals surface area (Å²) in [5.41, 5.74) is 1.66. The van der Waals surface area contributed by atoms with Crippen LogP contribution in [0.5, 0.6) is 11.5 Å². The van der Waals surface area contributed by atoms with E-state index < -0.39 is 0 Å². The molecule has 0 aliphatic rings. The molecule has 0 aromatic heterocycles. The molecular formula is C19H23ClN2O3. The molecular weight excluding hydrogens is 340 g/mol. The topological polar surface area (TPSA) is 50.8 Å². The lowest BCUT2D eigenvalue weighted by molar-refractivity contribution is -0.117. The van der Waals surface area contributed by atoms with Crippen LogP contribution in [0.3, 0.4) is 0 Å². The zero-order valence-electron chi connectivity index (χ0n) is 14.7. The quantitative estimate of drug-likeness (QED) is 0.775. The van der Waals surface area contributed by atoms with E-state index in [0.29, 0.717) is 28.8 Å². The van der Waals surface area contributed by atoms with Gasteiger partial charge in [-0.15, -0.1) is 0 Å². The van der Waals surface area contributed by atoms with Gasteiger partial charge in [0.25, 0.3) is 0 Å². The summed E-state index contributed by atoms with van der Waals surface area (Å²) in [5.74, 6) is 1.13. The number of rotatable bonds is 8. The van der Waals surface area contributed by atoms with Gasteiger partial charge in [0.2, 0.25) is 5.91 Å². The van der Waals surface area contributed by atoms with Crippen LogP contribution in [-0.4, -0.2) is 38.1 Å². The van der Waals surface area contributed by atoms with Crippen LogP contribution in [0, 0.1) is 0 Å². The second kappa shape index (κ2) is 9.30. The number of anilines is 1. The van der Waals surface area contributed by atoms with E-state index in [-0.39, 0.29) is 12.5 Å². The number of amides is 1. The van der Waals surface area contributed by atoms with E-state index in [1.807, 2.05) is 36.1 Å². The van der Waals surface area contributed by atoms with Gasteiger partial charge >= 0.3 is 0 Å². The number of halogens is 1. The highest BCUT2D eigenvalue weighted by Gasteiger charge is 2.13. The lowest BCUT2D eigenvalue weighted by atomic mass is 10.2. The number of benzene rings is 2. The third-order valence-corrected chi connectivity index (χ3v) is 4.03. The first-order valence-electron chi connectivity index (χ1n) is 8.04. The van der Waals surface area contributed by atoms with Gasteiger partial charge in [0, 0.05) is 17.6 Å². The molecule has 0 fully saturated rings. The Kier molecular flexibility index (Phi) is 7.10. The van der Waals surface area contributed by atoms with Gasteiger partial charge < -0.3 is 14.8 Å². The number of nitrogens with zero attached hydrogens (tertiary/aromatic N) is 1. The highest BCUT2D eigenvalue weighted by molar-refractivity contribution is 6.30. The number of ether oxygens (including phenoxy) is 2. The van der Waals surface area contributed by atoms with E-state index in [1.54, 1.807) is 32.4 Å². The smallest absolute Gasteiger partial charge is 0.238 e. The SMILES string of the molecule is CCN(CC(=O)Nc1cc(OC)ccc1OC)Cc1cccc(Cl)c1. The zero-order chi connectivity index (χ0) is 18.2. The Morgan fingerprint density at radius 1 is 1.16 bits per heavy atom. The lowest BCUT2D eigenvalue weighted by Gasteiger charge is -2.20. The van der Waals surface area contributed by atoms with Gasteiger partial charge in [0.15, 0.2) is 0 Å². The van der Waals surface area contributed by atoms with Crippen molar-refractivity contribution >= 4 is 23.2 Å². The Morgan fingerprint density at radius 3 is 2.60 bits per heavy atom. The highest BCUT2D eigenvalue weighted by Crippen LogP contribution is 2.28. The largest absolute Gasteiger partial charge is 0.497 e. The summed E-state index contributed by atoms with van der Waals surface area (Å²) < 4.78 is 10.5. The number of carbonyl (C=O) groups excluding carboxylic acids is 1. The molecule has 1 amide bonds. The molecule has 0 atom stereocenters. The van der Waals surface area contributed by atoms with Crippen molar-refractivity contribution in [1.29, 1.82) is 0 Å². The average molecular weight is 363 g/mol. The van der Waals surface area contributed by atoms with Gasteiger partial charge in [-0.1, -0.05) is 30.7 Å². The zero-order valence-corrected chi connectivity index (χ0v) is 15.5. The average Bonchev–Trinajstić information content (AvgIpc) is 2.61. The van der Waals surface area contributed by atoms with Crippen LogP contribution in [0.2, 0.25) is 5.02 Å². The molecule has 5 nitrogen and oxygen atoms in total. The maximum Gasteiger partial charge on any atom is 0.238 e. The Labute approximate surface area is 153 Å². The number of hydrogen-bond donors (Lipinski definition) is 1. The van der Waals surface area contributed by atoms with Crippen LogP contribution in [0.1, 0.15) is 12.5 Å². The molecule has 1 N–H and O–H groups in total. The predicted octanol–water partition coefficient (Wildman–Crippen LogP) is 3.82. The Balaban J connectivity index is 2.02. The van der Waals surface area contributed by atoms with Crippen LogP contribution in [-0.2, 0) is 11.3 Å². The first kappa shape index (κ1) is 19.1. The summed E-state index contributed by atoms with van der Waals surface area (Å²) in [4.78, 5) is 14.5. The van der Waals surface area contributed by atoms with Gasteiger partial charge in [-0.05, 0) is 36.4 Å². The molecule has 134 valence electrons. The van der Waals surface area contributed by atoms with E-state index in [9.17, 15) is 4.79 Å². The first-order chi connectivity index (χ1) is 12.0. The van der Waals surface area contributed by atoms with Gasteiger partial charge in [-0.2, -0.15) is 0 Å². The maximum absolute atomic E-state index is 12.4. The second-order valence-electron chi connectivity index (χ2n) is 5.55. The minimum absolute atomic E-state index is 0.115. The molecule has 2 rings (SSSR count). The van der Waals surface area contributed by atoms with E-state index in [4.69, 9.17) is 21.1 Å². The molecule has 0 saturated carbocycles. The van der Waals surface area contributed by atoms with Crippen molar-refractivity contribution in [1.82, 2.24) is 4.90 Å². The van der Waals surface area contributed by atoms with E-state index in [1.165, 1.54) is 0 Å². The van der Waals surface area contributed by atoms with E-state index in [2.05, 4.69) is 5.32 Å². The number of methoxy groups -OCH3 is 2. The summed E-state index contributed by atoms with van der Waals surface area (Å²) >= 11 is 6.02. The molecule has 0 radical (unpaired) electrons. The van der Waals surface area contributed by atoms with Gasteiger partial charge in [0.1, 0.15) is 11.5 Å².